The second-order valence-electron chi connectivity index (χ2n) is 7.23. The highest BCUT2D eigenvalue weighted by Gasteiger charge is 2.19. The van der Waals surface area contributed by atoms with Crippen LogP contribution in [0.3, 0.4) is 0 Å². The molecule has 0 radical (unpaired) electrons. The minimum absolute atomic E-state index is 0.0864. The number of nitrogens with zero attached hydrogens (tertiary/aromatic N) is 1. The first kappa shape index (κ1) is 21.3. The molecule has 150 valence electrons. The van der Waals surface area contributed by atoms with Gasteiger partial charge in [-0.05, 0) is 56.7 Å². The smallest absolute Gasteiger partial charge is 0.338 e. The van der Waals surface area contributed by atoms with Crippen LogP contribution in [0.5, 0.6) is 17.2 Å². The van der Waals surface area contributed by atoms with E-state index in [-0.39, 0.29) is 11.5 Å². The molecule has 0 unspecified atom stereocenters. The molecular formula is C22H27NO5. The summed E-state index contributed by atoms with van der Waals surface area (Å²) < 4.78 is 16.7. The van der Waals surface area contributed by atoms with E-state index < -0.39 is 5.97 Å². The van der Waals surface area contributed by atoms with Crippen molar-refractivity contribution in [3.8, 4) is 17.2 Å². The second-order valence-corrected chi connectivity index (χ2v) is 7.23. The molecule has 0 aromatic heterocycles. The van der Waals surface area contributed by atoms with Crippen LogP contribution in [-0.2, 0) is 4.74 Å². The van der Waals surface area contributed by atoms with Crippen molar-refractivity contribution in [3.63, 3.8) is 0 Å². The van der Waals surface area contributed by atoms with Crippen molar-refractivity contribution < 1.29 is 23.8 Å². The number of carbonyl (C=O) groups is 2. The van der Waals surface area contributed by atoms with Gasteiger partial charge in [0.25, 0.3) is 5.91 Å². The van der Waals surface area contributed by atoms with Gasteiger partial charge in [0.15, 0.2) is 0 Å². The van der Waals surface area contributed by atoms with Crippen LogP contribution in [0.25, 0.3) is 0 Å². The molecule has 28 heavy (non-hydrogen) atoms. The summed E-state index contributed by atoms with van der Waals surface area (Å²) in [7, 11) is 4.72. The lowest BCUT2D eigenvalue weighted by atomic mass is 10.1. The Labute approximate surface area is 166 Å². The predicted octanol–water partition coefficient (Wildman–Crippen LogP) is 4.53. The van der Waals surface area contributed by atoms with Gasteiger partial charge in [-0.15, -0.1) is 0 Å². The van der Waals surface area contributed by atoms with Crippen LogP contribution in [-0.4, -0.2) is 43.6 Å². The third kappa shape index (κ3) is 5.49. The molecule has 1 amide bonds. The van der Waals surface area contributed by atoms with Crippen LogP contribution in [0.2, 0.25) is 0 Å². The average molecular weight is 385 g/mol. The zero-order valence-electron chi connectivity index (χ0n) is 17.2. The van der Waals surface area contributed by atoms with Crippen LogP contribution < -0.4 is 9.47 Å². The first-order valence-corrected chi connectivity index (χ1v) is 9.07. The second kappa shape index (κ2) is 8.78. The highest BCUT2D eigenvalue weighted by Crippen LogP contribution is 2.30. The summed E-state index contributed by atoms with van der Waals surface area (Å²) in [5, 5.41) is 0. The lowest BCUT2D eigenvalue weighted by Gasteiger charge is -2.25. The van der Waals surface area contributed by atoms with Gasteiger partial charge < -0.3 is 19.1 Å². The van der Waals surface area contributed by atoms with Gasteiger partial charge in [0.1, 0.15) is 22.8 Å². The monoisotopic (exact) mass is 385 g/mol. The molecule has 0 saturated heterocycles. The molecule has 0 saturated carbocycles. The number of hydrogen-bond donors (Lipinski definition) is 0. The van der Waals surface area contributed by atoms with Crippen molar-refractivity contribution in [2.45, 2.75) is 32.8 Å². The Kier molecular flexibility index (Phi) is 6.67. The maximum atomic E-state index is 12.0. The van der Waals surface area contributed by atoms with Gasteiger partial charge >= 0.3 is 5.97 Å². The Balaban J connectivity index is 2.31. The number of esters is 1. The van der Waals surface area contributed by atoms with Gasteiger partial charge in [-0.2, -0.15) is 0 Å². The number of methoxy groups -OCH3 is 1. The van der Waals surface area contributed by atoms with E-state index in [1.807, 2.05) is 20.8 Å². The van der Waals surface area contributed by atoms with Gasteiger partial charge in [0.2, 0.25) is 0 Å². The summed E-state index contributed by atoms with van der Waals surface area (Å²) >= 11 is 0. The number of carbonyl (C=O) groups excluding carboxylic acids is 2. The highest BCUT2D eigenvalue weighted by molar-refractivity contribution is 5.94. The van der Waals surface area contributed by atoms with E-state index in [1.165, 1.54) is 12.0 Å². The number of amides is 1. The molecular weight excluding hydrogens is 358 g/mol. The van der Waals surface area contributed by atoms with Crippen molar-refractivity contribution in [1.82, 2.24) is 4.90 Å². The van der Waals surface area contributed by atoms with E-state index in [0.717, 1.165) is 6.42 Å². The van der Waals surface area contributed by atoms with Gasteiger partial charge in [0.05, 0.1) is 12.7 Å². The molecule has 2 aromatic rings. The van der Waals surface area contributed by atoms with Crippen LogP contribution in [0.1, 0.15) is 47.9 Å². The fourth-order valence-corrected chi connectivity index (χ4v) is 2.38. The molecule has 2 aromatic carbocycles. The molecule has 0 heterocycles. The molecule has 0 spiro atoms. The molecule has 0 bridgehead atoms. The van der Waals surface area contributed by atoms with Crippen molar-refractivity contribution in [2.75, 3.05) is 21.2 Å². The molecule has 0 N–H and O–H groups in total. The average Bonchev–Trinajstić information content (AvgIpc) is 2.66. The van der Waals surface area contributed by atoms with Crippen LogP contribution in [0.4, 0.5) is 0 Å². The van der Waals surface area contributed by atoms with Gasteiger partial charge in [0, 0.05) is 25.7 Å². The fourth-order valence-electron chi connectivity index (χ4n) is 2.38. The van der Waals surface area contributed by atoms with Gasteiger partial charge in [-0.3, -0.25) is 4.79 Å². The largest absolute Gasteiger partial charge is 0.488 e. The fraction of sp³-hybridized carbons (Fsp3) is 0.364. The summed E-state index contributed by atoms with van der Waals surface area (Å²) in [5.74, 6) is 0.937. The van der Waals surface area contributed by atoms with E-state index in [1.54, 1.807) is 56.6 Å². The zero-order valence-corrected chi connectivity index (χ0v) is 17.2. The molecule has 6 nitrogen and oxygen atoms in total. The molecule has 0 aliphatic carbocycles. The van der Waals surface area contributed by atoms with Crippen LogP contribution >= 0.6 is 0 Å². The number of ether oxygens (including phenoxy) is 3. The Morgan fingerprint density at radius 3 is 2.07 bits per heavy atom. The predicted molar refractivity (Wildman–Crippen MR) is 107 cm³/mol. The minimum atomic E-state index is -0.475. The van der Waals surface area contributed by atoms with Crippen molar-refractivity contribution in [1.29, 1.82) is 0 Å². The Morgan fingerprint density at radius 1 is 0.929 bits per heavy atom. The molecule has 0 atom stereocenters. The maximum absolute atomic E-state index is 12.0. The van der Waals surface area contributed by atoms with Crippen molar-refractivity contribution >= 4 is 11.9 Å². The van der Waals surface area contributed by atoms with E-state index in [2.05, 4.69) is 0 Å². The van der Waals surface area contributed by atoms with Gasteiger partial charge in [-0.1, -0.05) is 6.92 Å². The standard InChI is InChI=1S/C22H27NO5/c1-7-22(2,3)28-19-13-16(21(25)26-6)12-18(14-19)27-17-10-8-15(9-11-17)20(24)23(4)5/h8-14H,7H2,1-6H3. The SMILES string of the molecule is CCC(C)(C)Oc1cc(Oc2ccc(C(=O)N(C)C)cc2)cc(C(=O)OC)c1. The molecule has 2 rings (SSSR count). The van der Waals surface area contributed by atoms with Gasteiger partial charge in [-0.25, -0.2) is 4.79 Å². The molecule has 6 heteroatoms. The molecule has 0 fully saturated rings. The summed E-state index contributed by atoms with van der Waals surface area (Å²) in [6.07, 6.45) is 0.799. The highest BCUT2D eigenvalue weighted by atomic mass is 16.5. The number of benzene rings is 2. The minimum Gasteiger partial charge on any atom is -0.488 e. The molecule has 0 aliphatic heterocycles. The zero-order chi connectivity index (χ0) is 20.9. The quantitative estimate of drug-likeness (QED) is 0.655. The maximum Gasteiger partial charge on any atom is 0.338 e. The van der Waals surface area contributed by atoms with Crippen LogP contribution in [0.15, 0.2) is 42.5 Å². The molecule has 0 aliphatic rings. The summed E-state index contributed by atoms with van der Waals surface area (Å²) in [6.45, 7) is 5.97. The van der Waals surface area contributed by atoms with Crippen molar-refractivity contribution in [3.05, 3.63) is 53.6 Å². The van der Waals surface area contributed by atoms with Crippen molar-refractivity contribution in [2.24, 2.45) is 0 Å². The van der Waals surface area contributed by atoms with E-state index >= 15 is 0 Å². The van der Waals surface area contributed by atoms with E-state index in [9.17, 15) is 9.59 Å². The Bertz CT molecular complexity index is 841. The third-order valence-corrected chi connectivity index (χ3v) is 4.29. The summed E-state index contributed by atoms with van der Waals surface area (Å²) in [4.78, 5) is 25.5. The summed E-state index contributed by atoms with van der Waals surface area (Å²) in [5.41, 5.74) is 0.510. The first-order chi connectivity index (χ1) is 13.1. The van der Waals surface area contributed by atoms with Crippen LogP contribution in [0, 0.1) is 0 Å². The number of rotatable bonds is 7. The Hall–Kier alpha value is -3.02. The first-order valence-electron chi connectivity index (χ1n) is 9.07. The lowest BCUT2D eigenvalue weighted by molar-refractivity contribution is 0.0597. The van der Waals surface area contributed by atoms with E-state index in [4.69, 9.17) is 14.2 Å². The third-order valence-electron chi connectivity index (χ3n) is 4.29. The topological polar surface area (TPSA) is 65.1 Å². The van der Waals surface area contributed by atoms with E-state index in [0.29, 0.717) is 28.4 Å². The Morgan fingerprint density at radius 2 is 1.54 bits per heavy atom. The lowest BCUT2D eigenvalue weighted by Crippen LogP contribution is -2.26. The number of hydrogen-bond acceptors (Lipinski definition) is 5. The summed E-state index contributed by atoms with van der Waals surface area (Å²) in [6, 6.07) is 11.8. The normalized spacial score (nSPS) is 10.9.